The second-order valence-corrected chi connectivity index (χ2v) is 4.83. The highest BCUT2D eigenvalue weighted by Gasteiger charge is 2.18. The molecule has 0 N–H and O–H groups in total. The Morgan fingerprint density at radius 3 is 1.90 bits per heavy atom. The van der Waals surface area contributed by atoms with Crippen molar-refractivity contribution in [1.29, 1.82) is 0 Å². The Kier molecular flexibility index (Phi) is 6.84. The summed E-state index contributed by atoms with van der Waals surface area (Å²) in [7, 11) is 0. The Hall–Kier alpha value is -1.92. The number of benzene rings is 1. The Bertz CT molecular complexity index is 440. The molecule has 0 bridgehead atoms. The van der Waals surface area contributed by atoms with Crippen molar-refractivity contribution < 1.29 is 23.7 Å². The summed E-state index contributed by atoms with van der Waals surface area (Å²) in [6.07, 6.45) is 0. The molecule has 1 aromatic carbocycles. The van der Waals surface area contributed by atoms with Crippen molar-refractivity contribution in [3.63, 3.8) is 0 Å². The molecule has 1 aromatic rings. The second kappa shape index (κ2) is 8.39. The molecular weight excluding hydrogens is 274 g/mol. The minimum atomic E-state index is -0.607. The van der Waals surface area contributed by atoms with Crippen molar-refractivity contribution in [2.75, 3.05) is 26.3 Å². The van der Waals surface area contributed by atoms with Gasteiger partial charge in [-0.1, -0.05) is 30.3 Å². The maximum atomic E-state index is 12.8. The van der Waals surface area contributed by atoms with E-state index in [1.807, 2.05) is 30.3 Å². The van der Waals surface area contributed by atoms with Gasteiger partial charge in [-0.2, -0.15) is 0 Å². The first-order chi connectivity index (χ1) is 9.91. The molecule has 0 aromatic heterocycles. The third-order valence-corrected chi connectivity index (χ3v) is 2.92. The lowest BCUT2D eigenvalue weighted by Crippen LogP contribution is -2.46. The third-order valence-electron chi connectivity index (χ3n) is 2.92. The van der Waals surface area contributed by atoms with Gasteiger partial charge in [0, 0.05) is 19.4 Å². The van der Waals surface area contributed by atoms with E-state index in [2.05, 4.69) is 0 Å². The first-order valence-electron chi connectivity index (χ1n) is 6.79. The molecule has 0 aliphatic rings. The SMILES string of the molecule is CC(=O)OCC[N+]([O-])(CCOC(C)=O)Cc1ccccc1. The average molecular weight is 295 g/mol. The van der Waals surface area contributed by atoms with E-state index in [-0.39, 0.29) is 32.8 Å². The summed E-state index contributed by atoms with van der Waals surface area (Å²) >= 11 is 0. The van der Waals surface area contributed by atoms with Gasteiger partial charge < -0.3 is 19.3 Å². The van der Waals surface area contributed by atoms with Crippen molar-refractivity contribution in [1.82, 2.24) is 0 Å². The number of carbonyl (C=O) groups excluding carboxylic acids is 2. The maximum Gasteiger partial charge on any atom is 0.302 e. The van der Waals surface area contributed by atoms with Crippen molar-refractivity contribution in [3.8, 4) is 0 Å². The topological polar surface area (TPSA) is 75.7 Å². The monoisotopic (exact) mass is 295 g/mol. The molecule has 0 atom stereocenters. The van der Waals surface area contributed by atoms with Crippen LogP contribution in [-0.2, 0) is 25.6 Å². The summed E-state index contributed by atoms with van der Waals surface area (Å²) in [5.74, 6) is -0.831. The molecule has 0 fully saturated rings. The molecule has 6 heteroatoms. The second-order valence-electron chi connectivity index (χ2n) is 4.83. The fourth-order valence-electron chi connectivity index (χ4n) is 1.90. The molecule has 0 saturated carbocycles. The number of hydroxylamine groups is 3. The molecule has 0 radical (unpaired) electrons. The summed E-state index contributed by atoms with van der Waals surface area (Å²) in [6, 6.07) is 9.32. The van der Waals surface area contributed by atoms with E-state index < -0.39 is 16.6 Å². The highest BCUT2D eigenvalue weighted by molar-refractivity contribution is 5.66. The van der Waals surface area contributed by atoms with Crippen molar-refractivity contribution in [2.45, 2.75) is 20.4 Å². The number of ether oxygens (including phenoxy) is 2. The molecular formula is C15H21NO5. The zero-order valence-electron chi connectivity index (χ0n) is 12.4. The number of rotatable bonds is 8. The number of hydrogen-bond donors (Lipinski definition) is 0. The van der Waals surface area contributed by atoms with Gasteiger partial charge in [-0.25, -0.2) is 0 Å². The molecule has 0 unspecified atom stereocenters. The molecule has 21 heavy (non-hydrogen) atoms. The Balaban J connectivity index is 2.62. The van der Waals surface area contributed by atoms with E-state index in [1.165, 1.54) is 13.8 Å². The van der Waals surface area contributed by atoms with E-state index in [1.54, 1.807) is 0 Å². The van der Waals surface area contributed by atoms with Crippen LogP contribution in [0.4, 0.5) is 0 Å². The lowest BCUT2D eigenvalue weighted by molar-refractivity contribution is -0.894. The van der Waals surface area contributed by atoms with Gasteiger partial charge >= 0.3 is 11.9 Å². The minimum absolute atomic E-state index is 0.0474. The first-order valence-corrected chi connectivity index (χ1v) is 6.79. The summed E-state index contributed by atoms with van der Waals surface area (Å²) < 4.78 is 9.07. The van der Waals surface area contributed by atoms with Crippen LogP contribution in [0.5, 0.6) is 0 Å². The molecule has 0 saturated heterocycles. The van der Waals surface area contributed by atoms with Gasteiger partial charge in [-0.3, -0.25) is 9.59 Å². The van der Waals surface area contributed by atoms with Crippen molar-refractivity contribution in [3.05, 3.63) is 41.1 Å². The van der Waals surface area contributed by atoms with Gasteiger partial charge in [0.2, 0.25) is 0 Å². The van der Waals surface area contributed by atoms with Crippen molar-refractivity contribution >= 4 is 11.9 Å². The largest absolute Gasteiger partial charge is 0.632 e. The van der Waals surface area contributed by atoms with E-state index >= 15 is 0 Å². The van der Waals surface area contributed by atoms with Crippen LogP contribution < -0.4 is 0 Å². The van der Waals surface area contributed by atoms with Crippen LogP contribution in [0.15, 0.2) is 30.3 Å². The fourth-order valence-corrected chi connectivity index (χ4v) is 1.90. The first kappa shape index (κ1) is 17.1. The lowest BCUT2D eigenvalue weighted by Gasteiger charge is -2.42. The highest BCUT2D eigenvalue weighted by Crippen LogP contribution is 2.13. The quantitative estimate of drug-likeness (QED) is 0.414. The Morgan fingerprint density at radius 1 is 1.00 bits per heavy atom. The van der Waals surface area contributed by atoms with E-state index in [0.29, 0.717) is 0 Å². The Morgan fingerprint density at radius 2 is 1.48 bits per heavy atom. The number of hydrogen-bond acceptors (Lipinski definition) is 5. The van der Waals surface area contributed by atoms with Gasteiger partial charge in [-0.05, 0) is 0 Å². The standard InChI is InChI=1S/C15H21NO5/c1-13(17)20-10-8-16(19,9-11-21-14(2)18)12-15-6-4-3-5-7-15/h3-7H,8-12H2,1-2H3. The summed E-state index contributed by atoms with van der Waals surface area (Å²) in [5, 5.41) is 12.8. The smallest absolute Gasteiger partial charge is 0.302 e. The summed E-state index contributed by atoms with van der Waals surface area (Å²) in [6.45, 7) is 3.18. The predicted molar refractivity (Wildman–Crippen MR) is 76.8 cm³/mol. The molecule has 6 nitrogen and oxygen atoms in total. The van der Waals surface area contributed by atoms with Crippen LogP contribution in [0, 0.1) is 5.21 Å². The molecule has 0 amide bonds. The lowest BCUT2D eigenvalue weighted by atomic mass is 10.2. The number of esters is 2. The molecule has 0 aliphatic heterocycles. The zero-order chi connectivity index (χ0) is 15.7. The van der Waals surface area contributed by atoms with Gasteiger partial charge in [0.25, 0.3) is 0 Å². The normalized spacial score (nSPS) is 11.0. The number of carbonyl (C=O) groups is 2. The average Bonchev–Trinajstić information content (AvgIpc) is 2.38. The minimum Gasteiger partial charge on any atom is -0.632 e. The van der Waals surface area contributed by atoms with Crippen molar-refractivity contribution in [2.24, 2.45) is 0 Å². The molecule has 0 heterocycles. The van der Waals surface area contributed by atoms with E-state index in [4.69, 9.17) is 9.47 Å². The Labute approximate surface area is 124 Å². The number of quaternary nitrogens is 1. The summed E-state index contributed by atoms with van der Waals surface area (Å²) in [5.41, 5.74) is 0.887. The van der Waals surface area contributed by atoms with Gasteiger partial charge in [0.15, 0.2) is 0 Å². The van der Waals surface area contributed by atoms with Crippen LogP contribution in [-0.4, -0.2) is 42.9 Å². The van der Waals surface area contributed by atoms with Crippen LogP contribution in [0.25, 0.3) is 0 Å². The fraction of sp³-hybridized carbons (Fsp3) is 0.467. The van der Waals surface area contributed by atoms with Crippen LogP contribution in [0.3, 0.4) is 0 Å². The van der Waals surface area contributed by atoms with Gasteiger partial charge in [0.1, 0.15) is 32.8 Å². The highest BCUT2D eigenvalue weighted by atomic mass is 16.6. The van der Waals surface area contributed by atoms with E-state index in [9.17, 15) is 14.8 Å². The van der Waals surface area contributed by atoms with Crippen LogP contribution in [0.2, 0.25) is 0 Å². The molecule has 0 spiro atoms. The zero-order valence-corrected chi connectivity index (χ0v) is 12.4. The van der Waals surface area contributed by atoms with Crippen LogP contribution >= 0.6 is 0 Å². The molecule has 0 aliphatic carbocycles. The van der Waals surface area contributed by atoms with E-state index in [0.717, 1.165) is 5.56 Å². The molecule has 1 rings (SSSR count). The molecule has 116 valence electrons. The number of nitrogens with zero attached hydrogens (tertiary/aromatic N) is 1. The van der Waals surface area contributed by atoms with Crippen LogP contribution in [0.1, 0.15) is 19.4 Å². The van der Waals surface area contributed by atoms with Gasteiger partial charge in [0.05, 0.1) is 0 Å². The summed E-state index contributed by atoms with van der Waals surface area (Å²) in [4.78, 5) is 21.6. The van der Waals surface area contributed by atoms with Gasteiger partial charge in [-0.15, -0.1) is 0 Å². The maximum absolute atomic E-state index is 12.8. The predicted octanol–water partition coefficient (Wildman–Crippen LogP) is 1.63. The third kappa shape index (κ3) is 7.43.